The molecule has 1 atom stereocenters. The maximum absolute atomic E-state index is 6.12. The molecule has 0 spiro atoms. The van der Waals surface area contributed by atoms with Gasteiger partial charge in [-0.3, -0.25) is 0 Å². The van der Waals surface area contributed by atoms with Crippen molar-refractivity contribution < 1.29 is 0 Å². The van der Waals surface area contributed by atoms with Crippen LogP contribution in [-0.2, 0) is 0 Å². The molecule has 1 aromatic rings. The molecule has 0 radical (unpaired) electrons. The van der Waals surface area contributed by atoms with E-state index in [-0.39, 0.29) is 5.38 Å². The summed E-state index contributed by atoms with van der Waals surface area (Å²) in [6, 6.07) is 9.79. The summed E-state index contributed by atoms with van der Waals surface area (Å²) in [6.45, 7) is 1.74. The molecule has 0 aliphatic carbocycles. The third-order valence-electron chi connectivity index (χ3n) is 1.70. The quantitative estimate of drug-likeness (QED) is 0.677. The molecule has 0 N–H and O–H groups in total. The van der Waals surface area contributed by atoms with E-state index in [1.807, 2.05) is 30.3 Å². The number of rotatable bonds is 3. The standard InChI is InChI=1S/C10H11Cl3/c1-10(12,13)7-9(11)8-5-3-2-4-6-8/h2-6,9H,7H2,1H3/t9-/m1/s1. The van der Waals surface area contributed by atoms with E-state index >= 15 is 0 Å². The fourth-order valence-electron chi connectivity index (χ4n) is 1.09. The van der Waals surface area contributed by atoms with Crippen LogP contribution in [0.3, 0.4) is 0 Å². The van der Waals surface area contributed by atoms with Crippen molar-refractivity contribution in [3.63, 3.8) is 0 Å². The Morgan fingerprint density at radius 2 is 1.77 bits per heavy atom. The number of halogens is 3. The molecule has 0 aliphatic rings. The molecule has 0 aliphatic heterocycles. The molecule has 72 valence electrons. The van der Waals surface area contributed by atoms with E-state index in [1.165, 1.54) is 0 Å². The zero-order chi connectivity index (χ0) is 9.90. The molecule has 0 fully saturated rings. The first kappa shape index (κ1) is 11.2. The van der Waals surface area contributed by atoms with E-state index in [2.05, 4.69) is 0 Å². The van der Waals surface area contributed by atoms with Crippen molar-refractivity contribution in [2.45, 2.75) is 23.1 Å². The summed E-state index contributed by atoms with van der Waals surface area (Å²) in [5.41, 5.74) is 1.05. The number of hydrogen-bond donors (Lipinski definition) is 0. The Kier molecular flexibility index (Phi) is 3.90. The van der Waals surface area contributed by atoms with Crippen molar-refractivity contribution in [1.29, 1.82) is 0 Å². The topological polar surface area (TPSA) is 0 Å². The first-order valence-corrected chi connectivity index (χ1v) is 5.25. The average Bonchev–Trinajstić information content (AvgIpc) is 2.03. The number of benzene rings is 1. The van der Waals surface area contributed by atoms with Crippen LogP contribution in [0.1, 0.15) is 24.3 Å². The molecule has 0 bridgehead atoms. The summed E-state index contributed by atoms with van der Waals surface area (Å²) in [6.07, 6.45) is 0.543. The third-order valence-corrected chi connectivity index (χ3v) is 2.41. The van der Waals surface area contributed by atoms with Crippen LogP contribution in [0.5, 0.6) is 0 Å². The third kappa shape index (κ3) is 4.21. The minimum Gasteiger partial charge on any atom is -0.118 e. The Morgan fingerprint density at radius 1 is 1.23 bits per heavy atom. The van der Waals surface area contributed by atoms with Gasteiger partial charge in [0.15, 0.2) is 0 Å². The minimum atomic E-state index is -0.762. The van der Waals surface area contributed by atoms with Gasteiger partial charge in [0.25, 0.3) is 0 Å². The van der Waals surface area contributed by atoms with E-state index in [9.17, 15) is 0 Å². The summed E-state index contributed by atoms with van der Waals surface area (Å²) >= 11 is 17.8. The maximum atomic E-state index is 6.12. The molecular weight excluding hydrogens is 226 g/mol. The van der Waals surface area contributed by atoms with Crippen LogP contribution in [0.15, 0.2) is 30.3 Å². The zero-order valence-corrected chi connectivity index (χ0v) is 9.57. The Bertz CT molecular complexity index is 251. The molecule has 0 unspecified atom stereocenters. The van der Waals surface area contributed by atoms with Gasteiger partial charge in [-0.05, 0) is 12.5 Å². The average molecular weight is 238 g/mol. The first-order valence-electron chi connectivity index (χ1n) is 4.06. The molecule has 0 aromatic heterocycles. The second kappa shape index (κ2) is 4.54. The molecule has 3 heteroatoms. The lowest BCUT2D eigenvalue weighted by atomic mass is 10.1. The largest absolute Gasteiger partial charge is 0.118 e. The van der Waals surface area contributed by atoms with Crippen LogP contribution in [0.25, 0.3) is 0 Å². The smallest absolute Gasteiger partial charge is 0.117 e. The van der Waals surface area contributed by atoms with Crippen LogP contribution in [0, 0.1) is 0 Å². The van der Waals surface area contributed by atoms with Crippen molar-refractivity contribution in [3.05, 3.63) is 35.9 Å². The zero-order valence-electron chi connectivity index (χ0n) is 7.31. The van der Waals surface area contributed by atoms with Crippen LogP contribution >= 0.6 is 34.8 Å². The van der Waals surface area contributed by atoms with Crippen molar-refractivity contribution in [3.8, 4) is 0 Å². The molecule has 0 nitrogen and oxygen atoms in total. The van der Waals surface area contributed by atoms with Crippen molar-refractivity contribution in [2.24, 2.45) is 0 Å². The molecule has 0 amide bonds. The predicted molar refractivity (Wildman–Crippen MR) is 59.8 cm³/mol. The van der Waals surface area contributed by atoms with Crippen LogP contribution < -0.4 is 0 Å². The van der Waals surface area contributed by atoms with Crippen molar-refractivity contribution >= 4 is 34.8 Å². The fourth-order valence-corrected chi connectivity index (χ4v) is 2.02. The van der Waals surface area contributed by atoms with Gasteiger partial charge in [0.05, 0.1) is 5.38 Å². The van der Waals surface area contributed by atoms with Gasteiger partial charge in [-0.2, -0.15) is 0 Å². The number of alkyl halides is 3. The Labute approximate surface area is 93.8 Å². The van der Waals surface area contributed by atoms with E-state index in [0.717, 1.165) is 5.56 Å². The highest BCUT2D eigenvalue weighted by Gasteiger charge is 2.22. The molecule has 13 heavy (non-hydrogen) atoms. The normalized spacial score (nSPS) is 14.2. The van der Waals surface area contributed by atoms with Crippen molar-refractivity contribution in [1.82, 2.24) is 0 Å². The summed E-state index contributed by atoms with van der Waals surface area (Å²) < 4.78 is -0.762. The molecule has 1 aromatic carbocycles. The monoisotopic (exact) mass is 236 g/mol. The number of hydrogen-bond acceptors (Lipinski definition) is 0. The lowest BCUT2D eigenvalue weighted by molar-refractivity contribution is 0.727. The Balaban J connectivity index is 2.64. The SMILES string of the molecule is CC(Cl)(Cl)C[C@@H](Cl)c1ccccc1. The van der Waals surface area contributed by atoms with Crippen molar-refractivity contribution in [2.75, 3.05) is 0 Å². The predicted octanol–water partition coefficient (Wildman–Crippen LogP) is 4.55. The molecular formula is C10H11Cl3. The van der Waals surface area contributed by atoms with Gasteiger partial charge in [-0.25, -0.2) is 0 Å². The van der Waals surface area contributed by atoms with E-state index in [4.69, 9.17) is 34.8 Å². The summed E-state index contributed by atoms with van der Waals surface area (Å²) in [5, 5.41) is -0.124. The second-order valence-corrected chi connectivity index (χ2v) is 5.54. The molecule has 0 saturated carbocycles. The van der Waals surface area contributed by atoms with Gasteiger partial charge in [-0.15, -0.1) is 34.8 Å². The van der Waals surface area contributed by atoms with E-state index < -0.39 is 4.33 Å². The maximum Gasteiger partial charge on any atom is 0.117 e. The Hall–Kier alpha value is 0.0900. The molecule has 1 rings (SSSR count). The highest BCUT2D eigenvalue weighted by atomic mass is 35.5. The summed E-state index contributed by atoms with van der Waals surface area (Å²) in [4.78, 5) is 0. The van der Waals surface area contributed by atoms with E-state index in [0.29, 0.717) is 6.42 Å². The van der Waals surface area contributed by atoms with Gasteiger partial charge in [0, 0.05) is 6.42 Å². The van der Waals surface area contributed by atoms with Gasteiger partial charge >= 0.3 is 0 Å². The van der Waals surface area contributed by atoms with Gasteiger partial charge < -0.3 is 0 Å². The second-order valence-electron chi connectivity index (χ2n) is 3.15. The summed E-state index contributed by atoms with van der Waals surface area (Å²) in [7, 11) is 0. The fraction of sp³-hybridized carbons (Fsp3) is 0.400. The minimum absolute atomic E-state index is 0.124. The highest BCUT2D eigenvalue weighted by Crippen LogP contribution is 2.35. The van der Waals surface area contributed by atoms with Crippen LogP contribution in [0.4, 0.5) is 0 Å². The molecule has 0 saturated heterocycles. The lowest BCUT2D eigenvalue weighted by Crippen LogP contribution is -2.09. The first-order chi connectivity index (χ1) is 5.99. The van der Waals surface area contributed by atoms with Gasteiger partial charge in [0.1, 0.15) is 4.33 Å². The highest BCUT2D eigenvalue weighted by molar-refractivity contribution is 6.48. The van der Waals surface area contributed by atoms with Gasteiger partial charge in [-0.1, -0.05) is 30.3 Å². The van der Waals surface area contributed by atoms with Crippen LogP contribution in [-0.4, -0.2) is 4.33 Å². The van der Waals surface area contributed by atoms with Gasteiger partial charge in [0.2, 0.25) is 0 Å². The Morgan fingerprint density at radius 3 is 2.23 bits per heavy atom. The molecule has 0 heterocycles. The van der Waals surface area contributed by atoms with Crippen LogP contribution in [0.2, 0.25) is 0 Å². The van der Waals surface area contributed by atoms with E-state index in [1.54, 1.807) is 6.92 Å². The summed E-state index contributed by atoms with van der Waals surface area (Å²) in [5.74, 6) is 0. The lowest BCUT2D eigenvalue weighted by Gasteiger charge is -2.17.